The molecule has 23 heavy (non-hydrogen) atoms. The normalized spacial score (nSPS) is 11.4. The molecule has 120 valence electrons. The van der Waals surface area contributed by atoms with E-state index in [1.165, 1.54) is 0 Å². The van der Waals surface area contributed by atoms with Gasteiger partial charge < -0.3 is 15.4 Å². The van der Waals surface area contributed by atoms with E-state index in [9.17, 15) is 9.59 Å². The first-order valence-electron chi connectivity index (χ1n) is 7.40. The Hall–Kier alpha value is -2.82. The van der Waals surface area contributed by atoms with Crippen LogP contribution in [0.1, 0.15) is 28.9 Å². The number of esters is 1. The molecule has 0 fully saturated rings. The van der Waals surface area contributed by atoms with E-state index in [0.717, 1.165) is 5.56 Å². The highest BCUT2D eigenvalue weighted by Gasteiger charge is 2.15. The fourth-order valence-electron chi connectivity index (χ4n) is 2.20. The lowest BCUT2D eigenvalue weighted by atomic mass is 10.1. The Morgan fingerprint density at radius 1 is 1.04 bits per heavy atom. The van der Waals surface area contributed by atoms with Crippen LogP contribution in [0, 0.1) is 0 Å². The van der Waals surface area contributed by atoms with Crippen molar-refractivity contribution < 1.29 is 14.3 Å². The summed E-state index contributed by atoms with van der Waals surface area (Å²) >= 11 is 0. The van der Waals surface area contributed by atoms with E-state index in [1.807, 2.05) is 43.3 Å². The SMILES string of the molecule is CNc1ccccc1C(=O)OCC(=O)N[C@H](C)c1ccccc1. The first kappa shape index (κ1) is 16.5. The summed E-state index contributed by atoms with van der Waals surface area (Å²) in [6, 6.07) is 16.4. The Balaban J connectivity index is 1.88. The molecule has 1 amide bonds. The van der Waals surface area contributed by atoms with Crippen LogP contribution in [0.3, 0.4) is 0 Å². The van der Waals surface area contributed by atoms with E-state index in [-0.39, 0.29) is 18.6 Å². The van der Waals surface area contributed by atoms with Crippen LogP contribution in [-0.4, -0.2) is 25.5 Å². The highest BCUT2D eigenvalue weighted by Crippen LogP contribution is 2.15. The second-order valence-electron chi connectivity index (χ2n) is 5.07. The van der Waals surface area contributed by atoms with Gasteiger partial charge in [-0.05, 0) is 24.6 Å². The van der Waals surface area contributed by atoms with Crippen molar-refractivity contribution in [3.05, 3.63) is 65.7 Å². The van der Waals surface area contributed by atoms with E-state index in [2.05, 4.69) is 10.6 Å². The quantitative estimate of drug-likeness (QED) is 0.805. The molecule has 0 heterocycles. The number of nitrogens with one attached hydrogen (secondary N) is 2. The molecule has 0 radical (unpaired) electrons. The minimum absolute atomic E-state index is 0.146. The van der Waals surface area contributed by atoms with Gasteiger partial charge in [0.15, 0.2) is 6.61 Å². The molecule has 0 aromatic heterocycles. The molecule has 5 heteroatoms. The molecule has 0 bridgehead atoms. The minimum atomic E-state index is -0.530. The summed E-state index contributed by atoms with van der Waals surface area (Å²) in [6.45, 7) is 1.57. The number of hydrogen-bond acceptors (Lipinski definition) is 4. The van der Waals surface area contributed by atoms with E-state index in [1.54, 1.807) is 25.2 Å². The van der Waals surface area contributed by atoms with Crippen molar-refractivity contribution in [1.29, 1.82) is 0 Å². The first-order chi connectivity index (χ1) is 11.1. The largest absolute Gasteiger partial charge is 0.452 e. The molecule has 0 unspecified atom stereocenters. The molecule has 0 saturated carbocycles. The van der Waals surface area contributed by atoms with Gasteiger partial charge in [0, 0.05) is 12.7 Å². The van der Waals surface area contributed by atoms with E-state index >= 15 is 0 Å². The number of benzene rings is 2. The third-order valence-corrected chi connectivity index (χ3v) is 3.43. The number of anilines is 1. The molecule has 0 saturated heterocycles. The number of amides is 1. The van der Waals surface area contributed by atoms with Crippen molar-refractivity contribution >= 4 is 17.6 Å². The maximum absolute atomic E-state index is 12.0. The van der Waals surface area contributed by atoms with Gasteiger partial charge in [-0.15, -0.1) is 0 Å². The lowest BCUT2D eigenvalue weighted by Crippen LogP contribution is -2.31. The van der Waals surface area contributed by atoms with Crippen LogP contribution in [-0.2, 0) is 9.53 Å². The van der Waals surface area contributed by atoms with Gasteiger partial charge in [-0.25, -0.2) is 4.79 Å². The van der Waals surface area contributed by atoms with Crippen LogP contribution in [0.5, 0.6) is 0 Å². The average Bonchev–Trinajstić information content (AvgIpc) is 2.60. The Kier molecular flexibility index (Phi) is 5.74. The van der Waals surface area contributed by atoms with Crippen LogP contribution < -0.4 is 10.6 Å². The predicted octanol–water partition coefficient (Wildman–Crippen LogP) is 2.76. The average molecular weight is 312 g/mol. The van der Waals surface area contributed by atoms with Crippen molar-refractivity contribution in [3.8, 4) is 0 Å². The van der Waals surface area contributed by atoms with E-state index < -0.39 is 5.97 Å². The number of carbonyl (C=O) groups excluding carboxylic acids is 2. The maximum Gasteiger partial charge on any atom is 0.340 e. The van der Waals surface area contributed by atoms with Crippen molar-refractivity contribution in [2.24, 2.45) is 0 Å². The Bertz CT molecular complexity index is 671. The Labute approximate surface area is 135 Å². The van der Waals surface area contributed by atoms with E-state index in [4.69, 9.17) is 4.74 Å². The first-order valence-corrected chi connectivity index (χ1v) is 7.40. The third kappa shape index (κ3) is 4.57. The zero-order valence-electron chi connectivity index (χ0n) is 13.2. The van der Waals surface area contributed by atoms with E-state index in [0.29, 0.717) is 11.3 Å². The van der Waals surface area contributed by atoms with Gasteiger partial charge in [-0.1, -0.05) is 42.5 Å². The highest BCUT2D eigenvalue weighted by atomic mass is 16.5. The molecular formula is C18H20N2O3. The molecule has 2 aromatic rings. The summed E-state index contributed by atoms with van der Waals surface area (Å²) in [4.78, 5) is 24.0. The molecule has 2 rings (SSSR count). The third-order valence-electron chi connectivity index (χ3n) is 3.43. The molecule has 0 aliphatic heterocycles. The Morgan fingerprint density at radius 2 is 1.70 bits per heavy atom. The number of ether oxygens (including phenoxy) is 1. The maximum atomic E-state index is 12.0. The lowest BCUT2D eigenvalue weighted by molar-refractivity contribution is -0.124. The van der Waals surface area contributed by atoms with Crippen LogP contribution in [0.15, 0.2) is 54.6 Å². The second kappa shape index (κ2) is 7.98. The fraction of sp³-hybridized carbons (Fsp3) is 0.222. The number of carbonyl (C=O) groups is 2. The van der Waals surface area contributed by atoms with Gasteiger partial charge in [-0.2, -0.15) is 0 Å². The zero-order chi connectivity index (χ0) is 16.7. The number of para-hydroxylation sites is 1. The van der Waals surface area contributed by atoms with Crippen molar-refractivity contribution in [1.82, 2.24) is 5.32 Å². The Morgan fingerprint density at radius 3 is 2.39 bits per heavy atom. The molecule has 2 N–H and O–H groups in total. The van der Waals surface area contributed by atoms with Gasteiger partial charge in [-0.3, -0.25) is 4.79 Å². The standard InChI is InChI=1S/C18H20N2O3/c1-13(14-8-4-3-5-9-14)20-17(21)12-23-18(22)15-10-6-7-11-16(15)19-2/h3-11,13,19H,12H2,1-2H3,(H,20,21)/t13-/m1/s1. The zero-order valence-corrected chi connectivity index (χ0v) is 13.2. The highest BCUT2D eigenvalue weighted by molar-refractivity contribution is 5.96. The predicted molar refractivity (Wildman–Crippen MR) is 89.3 cm³/mol. The topological polar surface area (TPSA) is 67.4 Å². The molecule has 0 spiro atoms. The summed E-state index contributed by atoms with van der Waals surface area (Å²) in [5, 5.41) is 5.72. The fourth-order valence-corrected chi connectivity index (χ4v) is 2.20. The van der Waals surface area contributed by atoms with Gasteiger partial charge in [0.05, 0.1) is 11.6 Å². The second-order valence-corrected chi connectivity index (χ2v) is 5.07. The number of hydrogen-bond donors (Lipinski definition) is 2. The summed E-state index contributed by atoms with van der Waals surface area (Å²) in [5.74, 6) is -0.867. The van der Waals surface area contributed by atoms with Crippen LogP contribution in [0.4, 0.5) is 5.69 Å². The van der Waals surface area contributed by atoms with Crippen molar-refractivity contribution in [2.75, 3.05) is 19.0 Å². The molecule has 0 aliphatic rings. The molecule has 0 aliphatic carbocycles. The van der Waals surface area contributed by atoms with Crippen molar-refractivity contribution in [3.63, 3.8) is 0 Å². The van der Waals surface area contributed by atoms with Crippen LogP contribution in [0.2, 0.25) is 0 Å². The van der Waals surface area contributed by atoms with Gasteiger partial charge >= 0.3 is 5.97 Å². The number of rotatable bonds is 6. The smallest absolute Gasteiger partial charge is 0.340 e. The van der Waals surface area contributed by atoms with Gasteiger partial charge in [0.1, 0.15) is 0 Å². The molecule has 1 atom stereocenters. The molecular weight excluding hydrogens is 292 g/mol. The van der Waals surface area contributed by atoms with Crippen LogP contribution >= 0.6 is 0 Å². The van der Waals surface area contributed by atoms with Crippen molar-refractivity contribution in [2.45, 2.75) is 13.0 Å². The summed E-state index contributed by atoms with van der Waals surface area (Å²) in [6.07, 6.45) is 0. The minimum Gasteiger partial charge on any atom is -0.452 e. The molecule has 5 nitrogen and oxygen atoms in total. The van der Waals surface area contributed by atoms with Gasteiger partial charge in [0.2, 0.25) is 0 Å². The van der Waals surface area contributed by atoms with Crippen LogP contribution in [0.25, 0.3) is 0 Å². The molecule has 2 aromatic carbocycles. The summed E-state index contributed by atoms with van der Waals surface area (Å²) in [5.41, 5.74) is 2.06. The van der Waals surface area contributed by atoms with Gasteiger partial charge in [0.25, 0.3) is 5.91 Å². The summed E-state index contributed by atoms with van der Waals surface area (Å²) < 4.78 is 5.08. The lowest BCUT2D eigenvalue weighted by Gasteiger charge is -2.14. The monoisotopic (exact) mass is 312 g/mol. The summed E-state index contributed by atoms with van der Waals surface area (Å²) in [7, 11) is 1.72.